The Morgan fingerprint density at radius 2 is 2.20 bits per heavy atom. The molecule has 0 saturated carbocycles. The number of rotatable bonds is 4. The molecular weight excluding hydrogens is 146 g/mol. The van der Waals surface area contributed by atoms with E-state index in [1.54, 1.807) is 0 Å². The van der Waals surface area contributed by atoms with Crippen molar-refractivity contribution >= 4 is 12.6 Å². The van der Waals surface area contributed by atoms with Gasteiger partial charge in [-0.1, -0.05) is 13.8 Å². The summed E-state index contributed by atoms with van der Waals surface area (Å²) in [6, 6.07) is 0.0509. The Labute approximate surface area is 68.2 Å². The first kappa shape index (κ1) is 10.3. The number of hydrogen-bond acceptors (Lipinski definition) is 3. The summed E-state index contributed by atoms with van der Waals surface area (Å²) in [5.74, 6) is 0.637. The predicted octanol–water partition coefficient (Wildman–Crippen LogP) is 0.652. The Morgan fingerprint density at radius 3 is 2.30 bits per heavy atom. The quantitative estimate of drug-likeness (QED) is 0.533. The van der Waals surface area contributed by atoms with Crippen molar-refractivity contribution in [3.8, 4) is 0 Å². The average Bonchev–Trinajstić information content (AvgIpc) is 2.01. The highest BCUT2D eigenvalue weighted by atomic mass is 32.1. The molecule has 62 valence electrons. The lowest BCUT2D eigenvalue weighted by Gasteiger charge is -2.31. The van der Waals surface area contributed by atoms with E-state index in [0.717, 1.165) is 6.42 Å². The largest absolute Gasteiger partial charge is 0.396 e. The van der Waals surface area contributed by atoms with Crippen molar-refractivity contribution in [2.75, 3.05) is 12.4 Å². The van der Waals surface area contributed by atoms with Crippen LogP contribution < -0.4 is 5.73 Å². The van der Waals surface area contributed by atoms with Gasteiger partial charge in [0.05, 0.1) is 6.61 Å². The van der Waals surface area contributed by atoms with Gasteiger partial charge in [0.2, 0.25) is 0 Å². The highest BCUT2D eigenvalue weighted by Gasteiger charge is 2.27. The molecule has 0 aromatic carbocycles. The Balaban J connectivity index is 4.02. The van der Waals surface area contributed by atoms with E-state index in [-0.39, 0.29) is 18.1 Å². The zero-order chi connectivity index (χ0) is 8.20. The van der Waals surface area contributed by atoms with Crippen LogP contribution in [0.3, 0.4) is 0 Å². The van der Waals surface area contributed by atoms with Crippen LogP contribution in [0, 0.1) is 5.41 Å². The average molecular weight is 163 g/mol. The van der Waals surface area contributed by atoms with E-state index in [1.165, 1.54) is 0 Å². The molecule has 2 atom stereocenters. The summed E-state index contributed by atoms with van der Waals surface area (Å²) in [6.45, 7) is 4.09. The summed E-state index contributed by atoms with van der Waals surface area (Å²) < 4.78 is 0. The van der Waals surface area contributed by atoms with Crippen LogP contribution in [0.15, 0.2) is 0 Å². The minimum Gasteiger partial charge on any atom is -0.396 e. The van der Waals surface area contributed by atoms with Gasteiger partial charge < -0.3 is 10.8 Å². The lowest BCUT2D eigenvalue weighted by atomic mass is 9.84. The third-order valence-electron chi connectivity index (χ3n) is 2.06. The standard InChI is InChI=1S/C7H17NOS/c1-3-6(8)7(2,4-9)5-10/h6,9-10H,3-5,8H2,1-2H3. The van der Waals surface area contributed by atoms with Crippen LogP contribution >= 0.6 is 12.6 Å². The van der Waals surface area contributed by atoms with E-state index in [1.807, 2.05) is 13.8 Å². The molecular formula is C7H17NOS. The molecule has 0 aliphatic carbocycles. The van der Waals surface area contributed by atoms with Crippen molar-refractivity contribution < 1.29 is 5.11 Å². The van der Waals surface area contributed by atoms with Gasteiger partial charge in [0, 0.05) is 11.5 Å². The van der Waals surface area contributed by atoms with Gasteiger partial charge in [0.15, 0.2) is 0 Å². The number of aliphatic hydroxyl groups is 1. The maximum Gasteiger partial charge on any atom is 0.0507 e. The highest BCUT2D eigenvalue weighted by molar-refractivity contribution is 7.80. The number of thiol groups is 1. The molecule has 0 spiro atoms. The van der Waals surface area contributed by atoms with E-state index in [2.05, 4.69) is 12.6 Å². The highest BCUT2D eigenvalue weighted by Crippen LogP contribution is 2.22. The molecule has 0 aliphatic heterocycles. The summed E-state index contributed by atoms with van der Waals surface area (Å²) in [5, 5.41) is 8.96. The van der Waals surface area contributed by atoms with Crippen molar-refractivity contribution in [1.29, 1.82) is 0 Å². The zero-order valence-electron chi connectivity index (χ0n) is 6.67. The number of hydrogen-bond donors (Lipinski definition) is 3. The summed E-state index contributed by atoms with van der Waals surface area (Å²) in [6.07, 6.45) is 0.887. The van der Waals surface area contributed by atoms with Crippen molar-refractivity contribution in [1.82, 2.24) is 0 Å². The van der Waals surface area contributed by atoms with Crippen LogP contribution in [-0.2, 0) is 0 Å². The summed E-state index contributed by atoms with van der Waals surface area (Å²) in [5.41, 5.74) is 5.55. The first-order valence-corrected chi connectivity index (χ1v) is 4.21. The molecule has 10 heavy (non-hydrogen) atoms. The molecule has 0 heterocycles. The Bertz CT molecular complexity index is 93.6. The van der Waals surface area contributed by atoms with Crippen molar-refractivity contribution in [3.63, 3.8) is 0 Å². The first-order valence-electron chi connectivity index (χ1n) is 3.58. The van der Waals surface area contributed by atoms with Crippen molar-refractivity contribution in [3.05, 3.63) is 0 Å². The maximum atomic E-state index is 8.96. The lowest BCUT2D eigenvalue weighted by Crippen LogP contribution is -2.43. The van der Waals surface area contributed by atoms with Crippen LogP contribution in [0.25, 0.3) is 0 Å². The molecule has 3 heteroatoms. The molecule has 2 unspecified atom stereocenters. The molecule has 0 aromatic rings. The third-order valence-corrected chi connectivity index (χ3v) is 2.78. The van der Waals surface area contributed by atoms with Crippen LogP contribution in [-0.4, -0.2) is 23.5 Å². The van der Waals surface area contributed by atoms with Crippen LogP contribution in [0.5, 0.6) is 0 Å². The molecule has 2 nitrogen and oxygen atoms in total. The monoisotopic (exact) mass is 163 g/mol. The smallest absolute Gasteiger partial charge is 0.0507 e. The van der Waals surface area contributed by atoms with Crippen LogP contribution in [0.1, 0.15) is 20.3 Å². The Morgan fingerprint density at radius 1 is 1.70 bits per heavy atom. The maximum absolute atomic E-state index is 8.96. The van der Waals surface area contributed by atoms with Gasteiger partial charge >= 0.3 is 0 Å². The van der Waals surface area contributed by atoms with Gasteiger partial charge in [0.1, 0.15) is 0 Å². The molecule has 0 radical (unpaired) electrons. The van der Waals surface area contributed by atoms with E-state index < -0.39 is 0 Å². The van der Waals surface area contributed by atoms with E-state index >= 15 is 0 Å². The second kappa shape index (κ2) is 4.21. The molecule has 0 fully saturated rings. The second-order valence-electron chi connectivity index (χ2n) is 2.98. The minimum absolute atomic E-state index is 0.0509. The fraction of sp³-hybridized carbons (Fsp3) is 1.00. The fourth-order valence-electron chi connectivity index (χ4n) is 0.777. The van der Waals surface area contributed by atoms with Gasteiger partial charge in [-0.15, -0.1) is 0 Å². The van der Waals surface area contributed by atoms with E-state index in [4.69, 9.17) is 10.8 Å². The molecule has 0 rings (SSSR count). The molecule has 0 saturated heterocycles. The lowest BCUT2D eigenvalue weighted by molar-refractivity contribution is 0.135. The first-order chi connectivity index (χ1) is 4.60. The molecule has 0 bridgehead atoms. The Hall–Kier alpha value is 0.270. The van der Waals surface area contributed by atoms with E-state index in [9.17, 15) is 0 Å². The molecule has 3 N–H and O–H groups in total. The van der Waals surface area contributed by atoms with Gasteiger partial charge in [-0.25, -0.2) is 0 Å². The number of nitrogens with two attached hydrogens (primary N) is 1. The molecule has 0 amide bonds. The topological polar surface area (TPSA) is 46.2 Å². The van der Waals surface area contributed by atoms with E-state index in [0.29, 0.717) is 5.75 Å². The van der Waals surface area contributed by atoms with Gasteiger partial charge in [-0.2, -0.15) is 12.6 Å². The summed E-state index contributed by atoms with van der Waals surface area (Å²) in [4.78, 5) is 0. The molecule has 0 aromatic heterocycles. The zero-order valence-corrected chi connectivity index (χ0v) is 7.56. The minimum atomic E-state index is -0.210. The van der Waals surface area contributed by atoms with Gasteiger partial charge in [0.25, 0.3) is 0 Å². The summed E-state index contributed by atoms with van der Waals surface area (Å²) in [7, 11) is 0. The SMILES string of the molecule is CCC(N)C(C)(CO)CS. The van der Waals surface area contributed by atoms with Crippen molar-refractivity contribution in [2.45, 2.75) is 26.3 Å². The predicted molar refractivity (Wildman–Crippen MR) is 47.3 cm³/mol. The Kier molecular flexibility index (Phi) is 4.32. The third kappa shape index (κ3) is 2.15. The van der Waals surface area contributed by atoms with Crippen molar-refractivity contribution in [2.24, 2.45) is 11.1 Å². The molecule has 0 aliphatic rings. The second-order valence-corrected chi connectivity index (χ2v) is 3.30. The normalized spacial score (nSPS) is 20.1. The van der Waals surface area contributed by atoms with Crippen LogP contribution in [0.4, 0.5) is 0 Å². The van der Waals surface area contributed by atoms with Gasteiger partial charge in [-0.05, 0) is 12.2 Å². The fourth-order valence-corrected chi connectivity index (χ4v) is 1.11. The van der Waals surface area contributed by atoms with Gasteiger partial charge in [-0.3, -0.25) is 0 Å². The summed E-state index contributed by atoms with van der Waals surface area (Å²) >= 11 is 4.13. The number of aliphatic hydroxyl groups excluding tert-OH is 1. The van der Waals surface area contributed by atoms with Crippen LogP contribution in [0.2, 0.25) is 0 Å².